The van der Waals surface area contributed by atoms with Gasteiger partial charge in [-0.15, -0.1) is 0 Å². The third-order valence-corrected chi connectivity index (χ3v) is 9.33. The van der Waals surface area contributed by atoms with Crippen LogP contribution in [0.1, 0.15) is 24.0 Å². The number of anilines is 1. The van der Waals surface area contributed by atoms with E-state index < -0.39 is 16.2 Å². The highest BCUT2D eigenvalue weighted by Gasteiger charge is 2.33. The molecule has 0 saturated carbocycles. The fourth-order valence-electron chi connectivity index (χ4n) is 5.57. The van der Waals surface area contributed by atoms with Gasteiger partial charge in [-0.3, -0.25) is 4.18 Å². The van der Waals surface area contributed by atoms with E-state index in [0.717, 1.165) is 42.1 Å². The van der Waals surface area contributed by atoms with Gasteiger partial charge < -0.3 is 33.5 Å². The Kier molecular flexibility index (Phi) is 11.4. The summed E-state index contributed by atoms with van der Waals surface area (Å²) in [4.78, 5) is 17.2. The van der Waals surface area contributed by atoms with Gasteiger partial charge in [0.1, 0.15) is 23.9 Å². The maximum atomic E-state index is 13.3. The molecule has 3 aromatic carbocycles. The molecule has 0 aliphatic carbocycles. The van der Waals surface area contributed by atoms with Gasteiger partial charge in [0.15, 0.2) is 0 Å². The van der Waals surface area contributed by atoms with Crippen LogP contribution in [0.15, 0.2) is 71.6 Å². The molecule has 0 radical (unpaired) electrons. The fraction of sp³-hybridized carbons (Fsp3) is 0.441. The van der Waals surface area contributed by atoms with Crippen LogP contribution in [0.25, 0.3) is 0 Å². The molecule has 3 aromatic rings. The third kappa shape index (κ3) is 8.91. The van der Waals surface area contributed by atoms with Crippen LogP contribution in [0, 0.1) is 12.8 Å². The van der Waals surface area contributed by atoms with Crippen molar-refractivity contribution < 1.29 is 41.1 Å². The lowest BCUT2D eigenvalue weighted by Crippen LogP contribution is -2.49. The van der Waals surface area contributed by atoms with Gasteiger partial charge in [0.25, 0.3) is 10.1 Å². The van der Waals surface area contributed by atoms with Crippen LogP contribution in [-0.4, -0.2) is 85.7 Å². The zero-order valence-electron chi connectivity index (χ0n) is 26.6. The highest BCUT2D eigenvalue weighted by molar-refractivity contribution is 7.86. The van der Waals surface area contributed by atoms with Gasteiger partial charge in [0.05, 0.1) is 50.1 Å². The summed E-state index contributed by atoms with van der Waals surface area (Å²) in [6.07, 6.45) is 0.484. The Balaban J connectivity index is 1.27. The van der Waals surface area contributed by atoms with Crippen LogP contribution in [0.3, 0.4) is 0 Å². The Bertz CT molecular complexity index is 1550. The average molecular weight is 655 g/mol. The smallest absolute Gasteiger partial charge is 0.415 e. The summed E-state index contributed by atoms with van der Waals surface area (Å²) in [5, 5.41) is 0. The Morgan fingerprint density at radius 3 is 2.48 bits per heavy atom. The lowest BCUT2D eigenvalue weighted by molar-refractivity contribution is -0.0285. The maximum absolute atomic E-state index is 13.3. The highest BCUT2D eigenvalue weighted by Crippen LogP contribution is 2.33. The largest absolute Gasteiger partial charge is 0.497 e. The molecule has 5 rings (SSSR count). The molecular formula is C34H42N2O9S. The van der Waals surface area contributed by atoms with E-state index in [1.54, 1.807) is 55.5 Å². The molecule has 2 aliphatic rings. The van der Waals surface area contributed by atoms with Crippen LogP contribution in [0.2, 0.25) is 0 Å². The number of fused-ring (bicyclic) bond motifs is 1. The second-order valence-corrected chi connectivity index (χ2v) is 13.1. The molecule has 11 nitrogen and oxygen atoms in total. The normalized spacial score (nSPS) is 18.1. The van der Waals surface area contributed by atoms with Crippen molar-refractivity contribution in [2.75, 3.05) is 65.1 Å². The predicted molar refractivity (Wildman–Crippen MR) is 172 cm³/mol. The zero-order valence-corrected chi connectivity index (χ0v) is 27.4. The van der Waals surface area contributed by atoms with Crippen molar-refractivity contribution in [2.24, 2.45) is 5.92 Å². The van der Waals surface area contributed by atoms with E-state index in [9.17, 15) is 13.2 Å². The van der Waals surface area contributed by atoms with Gasteiger partial charge in [0.2, 0.25) is 0 Å². The van der Waals surface area contributed by atoms with E-state index in [1.165, 1.54) is 12.1 Å². The van der Waals surface area contributed by atoms with E-state index in [2.05, 4.69) is 11.0 Å². The number of aryl methyl sites for hydroxylation is 1. The van der Waals surface area contributed by atoms with Crippen molar-refractivity contribution in [1.29, 1.82) is 0 Å². The second kappa shape index (κ2) is 15.6. The minimum absolute atomic E-state index is 0.0881. The topological polar surface area (TPSA) is 113 Å². The summed E-state index contributed by atoms with van der Waals surface area (Å²) in [6, 6.07) is 19.2. The predicted octanol–water partition coefficient (Wildman–Crippen LogP) is 5.05. The molecule has 248 valence electrons. The summed E-state index contributed by atoms with van der Waals surface area (Å²) in [7, 11) is -0.712. The Labute approximate surface area is 271 Å². The van der Waals surface area contributed by atoms with E-state index in [4.69, 9.17) is 27.9 Å². The molecule has 1 amide bonds. The number of rotatable bonds is 13. The Hall–Kier alpha value is -3.84. The number of nitrogens with zero attached hydrogens (tertiary/aromatic N) is 2. The van der Waals surface area contributed by atoms with Crippen molar-refractivity contribution in [3.8, 4) is 17.2 Å². The fourth-order valence-corrected chi connectivity index (χ4v) is 6.54. The number of amides is 1. The first-order valence-electron chi connectivity index (χ1n) is 15.4. The van der Waals surface area contributed by atoms with E-state index >= 15 is 0 Å². The van der Waals surface area contributed by atoms with Crippen LogP contribution in [0.5, 0.6) is 17.2 Å². The number of methoxy groups -OCH3 is 2. The summed E-state index contributed by atoms with van der Waals surface area (Å²) >= 11 is 0. The molecule has 46 heavy (non-hydrogen) atoms. The number of piperidine rings is 1. The molecular weight excluding hydrogens is 612 g/mol. The van der Waals surface area contributed by atoms with Crippen LogP contribution in [0.4, 0.5) is 10.5 Å². The highest BCUT2D eigenvalue weighted by atomic mass is 32.2. The number of hydrogen-bond acceptors (Lipinski definition) is 10. The van der Waals surface area contributed by atoms with E-state index in [0.29, 0.717) is 37.7 Å². The van der Waals surface area contributed by atoms with Crippen LogP contribution < -0.4 is 19.1 Å². The SMILES string of the molecule is COCCCN1CCOc2ccc(CO[C@@H]3C[C@H](COS(=O)(=O)c4ccc(C)cc4)CN(C(=O)Oc4ccc(OC)cc4)C3)cc21. The number of ether oxygens (including phenoxy) is 5. The minimum Gasteiger partial charge on any atom is -0.497 e. The van der Waals surface area contributed by atoms with Crippen molar-refractivity contribution in [1.82, 2.24) is 4.90 Å². The quantitative estimate of drug-likeness (QED) is 0.183. The van der Waals surface area contributed by atoms with E-state index in [1.807, 2.05) is 19.1 Å². The lowest BCUT2D eigenvalue weighted by atomic mass is 9.97. The molecule has 1 saturated heterocycles. The Morgan fingerprint density at radius 1 is 0.978 bits per heavy atom. The molecule has 12 heteroatoms. The second-order valence-electron chi connectivity index (χ2n) is 11.5. The molecule has 0 unspecified atom stereocenters. The number of likely N-dealkylation sites (tertiary alicyclic amines) is 1. The van der Waals surface area contributed by atoms with Gasteiger partial charge in [-0.1, -0.05) is 23.8 Å². The first-order valence-corrected chi connectivity index (χ1v) is 16.8. The maximum Gasteiger partial charge on any atom is 0.415 e. The first-order chi connectivity index (χ1) is 22.2. The third-order valence-electron chi connectivity index (χ3n) is 8.04. The summed E-state index contributed by atoms with van der Waals surface area (Å²) < 4.78 is 59.6. The number of carbonyl (C=O) groups excluding carboxylic acids is 1. The number of carbonyl (C=O) groups is 1. The van der Waals surface area contributed by atoms with E-state index in [-0.39, 0.29) is 36.6 Å². The molecule has 2 atom stereocenters. The van der Waals surface area contributed by atoms with Crippen LogP contribution >= 0.6 is 0 Å². The molecule has 2 aliphatic heterocycles. The number of benzene rings is 3. The van der Waals surface area contributed by atoms with Crippen molar-refractivity contribution in [3.05, 3.63) is 77.9 Å². The van der Waals surface area contributed by atoms with Gasteiger partial charge in [0, 0.05) is 32.7 Å². The van der Waals surface area contributed by atoms with Gasteiger partial charge in [-0.2, -0.15) is 8.42 Å². The average Bonchev–Trinajstić information content (AvgIpc) is 3.07. The van der Waals surface area contributed by atoms with Gasteiger partial charge in [-0.25, -0.2) is 4.79 Å². The van der Waals surface area contributed by atoms with Crippen molar-refractivity contribution in [3.63, 3.8) is 0 Å². The van der Waals surface area contributed by atoms with Crippen molar-refractivity contribution >= 4 is 21.9 Å². The molecule has 2 heterocycles. The standard InChI is InChI=1S/C34H42N2O9S/c1-25-5-12-31(13-6-25)46(38,39)44-24-27-19-30(22-36(21-27)34(37)45-29-10-8-28(41-3)9-11-29)43-23-26-7-14-33-32(20-26)35(16-18-42-33)15-4-17-40-2/h5-14,20,27,30H,4,15-19,21-24H2,1-3H3/t27-,30+/m0/s1. The van der Waals surface area contributed by atoms with Crippen LogP contribution in [-0.2, 0) is 30.4 Å². The Morgan fingerprint density at radius 2 is 1.74 bits per heavy atom. The lowest BCUT2D eigenvalue weighted by Gasteiger charge is -2.37. The summed E-state index contributed by atoms with van der Waals surface area (Å²) in [6.45, 7) is 5.59. The molecule has 0 aromatic heterocycles. The summed E-state index contributed by atoms with van der Waals surface area (Å²) in [5.74, 6) is 1.54. The molecule has 0 N–H and O–H groups in total. The number of hydrogen-bond donors (Lipinski definition) is 0. The summed E-state index contributed by atoms with van der Waals surface area (Å²) in [5.41, 5.74) is 2.93. The van der Waals surface area contributed by atoms with Gasteiger partial charge >= 0.3 is 6.09 Å². The van der Waals surface area contributed by atoms with Gasteiger partial charge in [-0.05, 0) is 73.9 Å². The molecule has 0 bridgehead atoms. The zero-order chi connectivity index (χ0) is 32.5. The van der Waals surface area contributed by atoms with Crippen molar-refractivity contribution in [2.45, 2.75) is 37.4 Å². The molecule has 0 spiro atoms. The minimum atomic E-state index is -3.98. The first kappa shape index (κ1) is 33.5. The monoisotopic (exact) mass is 654 g/mol. The molecule has 1 fully saturated rings.